The molecule has 3 atom stereocenters. The summed E-state index contributed by atoms with van der Waals surface area (Å²) in [5, 5.41) is 9.19. The standard InChI is InChI=1S/C7H14O4/c1-5-3-10-7(8)6(11-5)4-9-2/h5-8H,3-4H2,1-2H3/t5?,6?,7-/m1/s1. The van der Waals surface area contributed by atoms with Gasteiger partial charge in [-0.05, 0) is 6.92 Å². The SMILES string of the molecule is COCC1OC(C)CO[C@H]1O. The summed E-state index contributed by atoms with van der Waals surface area (Å²) in [6.07, 6.45) is -1.14. The third-order valence-corrected chi connectivity index (χ3v) is 1.56. The van der Waals surface area contributed by atoms with Crippen LogP contribution in [0.5, 0.6) is 0 Å². The van der Waals surface area contributed by atoms with Crippen LogP contribution in [0.3, 0.4) is 0 Å². The van der Waals surface area contributed by atoms with Crippen LogP contribution in [-0.4, -0.2) is 43.9 Å². The van der Waals surface area contributed by atoms with E-state index >= 15 is 0 Å². The second-order valence-corrected chi connectivity index (χ2v) is 2.66. The van der Waals surface area contributed by atoms with E-state index in [4.69, 9.17) is 14.2 Å². The number of methoxy groups -OCH3 is 1. The maximum atomic E-state index is 9.19. The number of aliphatic hydroxyl groups excluding tert-OH is 1. The average molecular weight is 162 g/mol. The first-order chi connectivity index (χ1) is 5.24. The monoisotopic (exact) mass is 162 g/mol. The van der Waals surface area contributed by atoms with E-state index in [1.165, 1.54) is 0 Å². The number of aliphatic hydroxyl groups is 1. The van der Waals surface area contributed by atoms with Gasteiger partial charge in [-0.25, -0.2) is 0 Å². The Morgan fingerprint density at radius 3 is 3.00 bits per heavy atom. The summed E-state index contributed by atoms with van der Waals surface area (Å²) in [4.78, 5) is 0. The van der Waals surface area contributed by atoms with Crippen LogP contribution in [0.4, 0.5) is 0 Å². The van der Waals surface area contributed by atoms with Gasteiger partial charge in [0.15, 0.2) is 6.29 Å². The molecule has 0 aromatic carbocycles. The Morgan fingerprint density at radius 1 is 1.64 bits per heavy atom. The van der Waals surface area contributed by atoms with Crippen molar-refractivity contribution in [3.05, 3.63) is 0 Å². The second-order valence-electron chi connectivity index (χ2n) is 2.66. The number of hydrogen-bond donors (Lipinski definition) is 1. The van der Waals surface area contributed by atoms with Crippen molar-refractivity contribution in [1.29, 1.82) is 0 Å². The fourth-order valence-electron chi connectivity index (χ4n) is 1.03. The molecule has 1 aliphatic heterocycles. The van der Waals surface area contributed by atoms with Gasteiger partial charge in [0.1, 0.15) is 6.10 Å². The molecule has 0 radical (unpaired) electrons. The molecule has 1 fully saturated rings. The second kappa shape index (κ2) is 4.01. The molecule has 0 amide bonds. The van der Waals surface area contributed by atoms with Crippen molar-refractivity contribution < 1.29 is 19.3 Å². The summed E-state index contributed by atoms with van der Waals surface area (Å²) in [6, 6.07) is 0. The third-order valence-electron chi connectivity index (χ3n) is 1.56. The van der Waals surface area contributed by atoms with Gasteiger partial charge < -0.3 is 19.3 Å². The van der Waals surface area contributed by atoms with Crippen molar-refractivity contribution in [2.24, 2.45) is 0 Å². The van der Waals surface area contributed by atoms with E-state index in [1.54, 1.807) is 7.11 Å². The molecule has 0 spiro atoms. The fraction of sp³-hybridized carbons (Fsp3) is 1.00. The Bertz CT molecular complexity index is 117. The van der Waals surface area contributed by atoms with E-state index in [-0.39, 0.29) is 12.2 Å². The predicted molar refractivity (Wildman–Crippen MR) is 38.2 cm³/mol. The van der Waals surface area contributed by atoms with Crippen LogP contribution in [0, 0.1) is 0 Å². The van der Waals surface area contributed by atoms with E-state index in [1.807, 2.05) is 6.92 Å². The van der Waals surface area contributed by atoms with Crippen molar-refractivity contribution >= 4 is 0 Å². The normalized spacial score (nSPS) is 39.0. The Hall–Kier alpha value is -0.160. The molecule has 4 nitrogen and oxygen atoms in total. The van der Waals surface area contributed by atoms with E-state index in [0.717, 1.165) is 0 Å². The van der Waals surface area contributed by atoms with Gasteiger partial charge in [0.25, 0.3) is 0 Å². The average Bonchev–Trinajstić information content (AvgIpc) is 1.98. The summed E-state index contributed by atoms with van der Waals surface area (Å²) in [6.45, 7) is 2.71. The summed E-state index contributed by atoms with van der Waals surface area (Å²) < 4.78 is 15.2. The first-order valence-corrected chi connectivity index (χ1v) is 3.68. The van der Waals surface area contributed by atoms with Crippen LogP contribution in [0.2, 0.25) is 0 Å². The largest absolute Gasteiger partial charge is 0.382 e. The van der Waals surface area contributed by atoms with Crippen LogP contribution in [0.25, 0.3) is 0 Å². The number of rotatable bonds is 2. The highest BCUT2D eigenvalue weighted by molar-refractivity contribution is 4.67. The Morgan fingerprint density at radius 2 is 2.36 bits per heavy atom. The van der Waals surface area contributed by atoms with Gasteiger partial charge in [-0.3, -0.25) is 0 Å². The molecule has 2 unspecified atom stereocenters. The lowest BCUT2D eigenvalue weighted by Gasteiger charge is -2.31. The lowest BCUT2D eigenvalue weighted by molar-refractivity contribution is -0.257. The lowest BCUT2D eigenvalue weighted by Crippen LogP contribution is -2.44. The Balaban J connectivity index is 2.34. The zero-order chi connectivity index (χ0) is 8.27. The van der Waals surface area contributed by atoms with E-state index in [0.29, 0.717) is 13.2 Å². The molecule has 1 rings (SSSR count). The van der Waals surface area contributed by atoms with Crippen LogP contribution in [0.1, 0.15) is 6.92 Å². The van der Waals surface area contributed by atoms with Gasteiger partial charge in [-0.1, -0.05) is 0 Å². The van der Waals surface area contributed by atoms with Gasteiger partial charge >= 0.3 is 0 Å². The van der Waals surface area contributed by atoms with Crippen LogP contribution in [-0.2, 0) is 14.2 Å². The zero-order valence-electron chi connectivity index (χ0n) is 6.82. The molecule has 1 aliphatic rings. The van der Waals surface area contributed by atoms with Gasteiger partial charge in [-0.15, -0.1) is 0 Å². The highest BCUT2D eigenvalue weighted by atomic mass is 16.7. The van der Waals surface area contributed by atoms with Crippen molar-refractivity contribution in [1.82, 2.24) is 0 Å². The minimum Gasteiger partial charge on any atom is -0.382 e. The van der Waals surface area contributed by atoms with Crippen molar-refractivity contribution in [2.45, 2.75) is 25.4 Å². The quantitative estimate of drug-likeness (QED) is 0.608. The van der Waals surface area contributed by atoms with Crippen LogP contribution < -0.4 is 0 Å². The predicted octanol–water partition coefficient (Wildman–Crippen LogP) is -0.245. The highest BCUT2D eigenvalue weighted by Crippen LogP contribution is 2.12. The molecule has 0 aliphatic carbocycles. The molecule has 1 saturated heterocycles. The van der Waals surface area contributed by atoms with E-state index < -0.39 is 6.29 Å². The zero-order valence-corrected chi connectivity index (χ0v) is 6.82. The molecular formula is C7H14O4. The molecule has 1 heterocycles. The van der Waals surface area contributed by atoms with Crippen molar-refractivity contribution in [3.8, 4) is 0 Å². The maximum Gasteiger partial charge on any atom is 0.183 e. The topological polar surface area (TPSA) is 47.9 Å². The number of hydrogen-bond acceptors (Lipinski definition) is 4. The Labute approximate surface area is 66.1 Å². The third kappa shape index (κ3) is 2.41. The minimum atomic E-state index is -0.842. The van der Waals surface area contributed by atoms with Crippen molar-refractivity contribution in [3.63, 3.8) is 0 Å². The Kier molecular flexibility index (Phi) is 3.26. The number of ether oxygens (including phenoxy) is 3. The molecule has 0 aromatic heterocycles. The molecule has 0 aromatic rings. The molecule has 1 N–H and O–H groups in total. The van der Waals surface area contributed by atoms with Crippen LogP contribution >= 0.6 is 0 Å². The van der Waals surface area contributed by atoms with E-state index in [2.05, 4.69) is 0 Å². The minimum absolute atomic E-state index is 0.0403. The summed E-state index contributed by atoms with van der Waals surface area (Å²) in [5.74, 6) is 0. The fourth-order valence-corrected chi connectivity index (χ4v) is 1.03. The summed E-state index contributed by atoms with van der Waals surface area (Å²) in [5.41, 5.74) is 0. The maximum absolute atomic E-state index is 9.19. The highest BCUT2D eigenvalue weighted by Gasteiger charge is 2.28. The molecule has 0 saturated carbocycles. The molecule has 66 valence electrons. The van der Waals surface area contributed by atoms with Gasteiger partial charge in [-0.2, -0.15) is 0 Å². The summed E-state index contributed by atoms with van der Waals surface area (Å²) >= 11 is 0. The summed E-state index contributed by atoms with van der Waals surface area (Å²) in [7, 11) is 1.56. The molecule has 4 heteroatoms. The molecule has 11 heavy (non-hydrogen) atoms. The van der Waals surface area contributed by atoms with Gasteiger partial charge in [0.05, 0.1) is 19.3 Å². The van der Waals surface area contributed by atoms with Gasteiger partial charge in [0, 0.05) is 7.11 Å². The first-order valence-electron chi connectivity index (χ1n) is 3.68. The molecule has 0 bridgehead atoms. The lowest BCUT2D eigenvalue weighted by atomic mass is 10.3. The van der Waals surface area contributed by atoms with Crippen LogP contribution in [0.15, 0.2) is 0 Å². The van der Waals surface area contributed by atoms with Gasteiger partial charge in [0.2, 0.25) is 0 Å². The smallest absolute Gasteiger partial charge is 0.183 e. The van der Waals surface area contributed by atoms with Crippen molar-refractivity contribution in [2.75, 3.05) is 20.3 Å². The first kappa shape index (κ1) is 8.93. The molecular weight excluding hydrogens is 148 g/mol. The van der Waals surface area contributed by atoms with E-state index in [9.17, 15) is 5.11 Å².